The molecule has 2 aromatic heterocycles. The highest BCUT2D eigenvalue weighted by Crippen LogP contribution is 2.26. The molecule has 1 unspecified atom stereocenters. The molecule has 2 heterocycles. The molecular formula is C14H21N5S. The number of nitrogens with one attached hydrogen (secondary N) is 2. The number of anilines is 2. The van der Waals surface area contributed by atoms with Gasteiger partial charge in [-0.1, -0.05) is 6.92 Å². The summed E-state index contributed by atoms with van der Waals surface area (Å²) < 4.78 is 0. The fourth-order valence-electron chi connectivity index (χ4n) is 2.03. The van der Waals surface area contributed by atoms with Gasteiger partial charge in [-0.05, 0) is 27.2 Å². The monoisotopic (exact) mass is 291 g/mol. The summed E-state index contributed by atoms with van der Waals surface area (Å²) in [5.41, 5.74) is 2.18. The smallest absolute Gasteiger partial charge is 0.135 e. The summed E-state index contributed by atoms with van der Waals surface area (Å²) >= 11 is 1.67. The first-order valence-corrected chi connectivity index (χ1v) is 7.80. The van der Waals surface area contributed by atoms with Crippen LogP contribution in [0.2, 0.25) is 0 Å². The summed E-state index contributed by atoms with van der Waals surface area (Å²) in [5, 5.41) is 9.87. The van der Waals surface area contributed by atoms with E-state index in [1.807, 2.05) is 6.92 Å². The Morgan fingerprint density at radius 2 is 2.00 bits per heavy atom. The van der Waals surface area contributed by atoms with Crippen LogP contribution in [0.25, 0.3) is 0 Å². The molecule has 0 spiro atoms. The molecule has 2 aromatic rings. The molecular weight excluding hydrogens is 270 g/mol. The second-order valence-corrected chi connectivity index (χ2v) is 5.52. The molecule has 2 rings (SSSR count). The van der Waals surface area contributed by atoms with Crippen molar-refractivity contribution >= 4 is 23.0 Å². The average molecular weight is 291 g/mol. The lowest BCUT2D eigenvalue weighted by atomic mass is 10.2. The molecule has 108 valence electrons. The number of thiazole rings is 1. The second-order valence-electron chi connectivity index (χ2n) is 4.63. The fourth-order valence-corrected chi connectivity index (χ4v) is 2.83. The maximum absolute atomic E-state index is 4.52. The molecule has 0 aromatic carbocycles. The van der Waals surface area contributed by atoms with Crippen LogP contribution in [0, 0.1) is 6.92 Å². The minimum Gasteiger partial charge on any atom is -0.370 e. The number of aromatic nitrogens is 3. The third-order valence-electron chi connectivity index (χ3n) is 3.00. The van der Waals surface area contributed by atoms with Crippen molar-refractivity contribution in [2.45, 2.75) is 40.2 Å². The summed E-state index contributed by atoms with van der Waals surface area (Å²) in [5.74, 6) is 1.80. The Bertz CT molecular complexity index is 566. The highest BCUT2D eigenvalue weighted by atomic mass is 32.1. The van der Waals surface area contributed by atoms with Gasteiger partial charge in [-0.3, -0.25) is 0 Å². The quantitative estimate of drug-likeness (QED) is 0.854. The van der Waals surface area contributed by atoms with Crippen LogP contribution in [0.3, 0.4) is 0 Å². The highest BCUT2D eigenvalue weighted by Gasteiger charge is 2.14. The molecule has 0 saturated carbocycles. The van der Waals surface area contributed by atoms with Crippen LogP contribution in [-0.4, -0.2) is 21.5 Å². The van der Waals surface area contributed by atoms with Crippen LogP contribution in [0.15, 0.2) is 11.7 Å². The van der Waals surface area contributed by atoms with Crippen LogP contribution in [-0.2, 0) is 6.42 Å². The lowest BCUT2D eigenvalue weighted by molar-refractivity contribution is 0.846. The normalized spacial score (nSPS) is 12.2. The Hall–Kier alpha value is -1.69. The van der Waals surface area contributed by atoms with E-state index in [4.69, 9.17) is 0 Å². The zero-order chi connectivity index (χ0) is 14.5. The number of hydrogen-bond donors (Lipinski definition) is 2. The summed E-state index contributed by atoms with van der Waals surface area (Å²) in [6.07, 6.45) is 2.48. The van der Waals surface area contributed by atoms with E-state index in [2.05, 4.69) is 51.7 Å². The van der Waals surface area contributed by atoms with Gasteiger partial charge in [-0.15, -0.1) is 11.3 Å². The van der Waals surface area contributed by atoms with Gasteiger partial charge < -0.3 is 10.6 Å². The molecule has 0 aliphatic rings. The Morgan fingerprint density at radius 3 is 2.60 bits per heavy atom. The first kappa shape index (κ1) is 14.7. The van der Waals surface area contributed by atoms with Crippen LogP contribution in [0.1, 0.15) is 43.1 Å². The van der Waals surface area contributed by atoms with E-state index >= 15 is 0 Å². The average Bonchev–Trinajstić information content (AvgIpc) is 2.86. The van der Waals surface area contributed by atoms with Gasteiger partial charge in [0, 0.05) is 23.2 Å². The third-order valence-corrected chi connectivity index (χ3v) is 4.15. The SMILES string of the molecule is CCNc1ncnc(NC(C)c2nc(C)cs2)c1CC. The predicted octanol–water partition coefficient (Wildman–Crippen LogP) is 3.41. The van der Waals surface area contributed by atoms with Crippen molar-refractivity contribution in [2.75, 3.05) is 17.2 Å². The number of nitrogens with zero attached hydrogens (tertiary/aromatic N) is 3. The maximum atomic E-state index is 4.52. The maximum Gasteiger partial charge on any atom is 0.135 e. The summed E-state index contributed by atoms with van der Waals surface area (Å²) in [6, 6.07) is 0.142. The Balaban J connectivity index is 2.22. The van der Waals surface area contributed by atoms with Crippen LogP contribution in [0.5, 0.6) is 0 Å². The lowest BCUT2D eigenvalue weighted by Gasteiger charge is -2.17. The fraction of sp³-hybridized carbons (Fsp3) is 0.500. The first-order valence-electron chi connectivity index (χ1n) is 6.92. The van der Waals surface area contributed by atoms with E-state index in [0.717, 1.165) is 40.9 Å². The van der Waals surface area contributed by atoms with Crippen molar-refractivity contribution in [1.82, 2.24) is 15.0 Å². The van der Waals surface area contributed by atoms with E-state index in [1.165, 1.54) is 0 Å². The highest BCUT2D eigenvalue weighted by molar-refractivity contribution is 7.09. The van der Waals surface area contributed by atoms with Gasteiger partial charge >= 0.3 is 0 Å². The molecule has 20 heavy (non-hydrogen) atoms. The molecule has 5 nitrogen and oxygen atoms in total. The summed E-state index contributed by atoms with van der Waals surface area (Å²) in [4.78, 5) is 13.2. The zero-order valence-corrected chi connectivity index (χ0v) is 13.2. The van der Waals surface area contributed by atoms with Gasteiger partial charge in [-0.25, -0.2) is 15.0 Å². The van der Waals surface area contributed by atoms with Gasteiger partial charge in [-0.2, -0.15) is 0 Å². The van der Waals surface area contributed by atoms with Crippen molar-refractivity contribution in [3.05, 3.63) is 28.0 Å². The zero-order valence-electron chi connectivity index (χ0n) is 12.4. The largest absolute Gasteiger partial charge is 0.370 e. The topological polar surface area (TPSA) is 62.7 Å². The van der Waals surface area contributed by atoms with Gasteiger partial charge in [0.05, 0.1) is 6.04 Å². The van der Waals surface area contributed by atoms with Crippen molar-refractivity contribution < 1.29 is 0 Å². The van der Waals surface area contributed by atoms with E-state index in [1.54, 1.807) is 17.7 Å². The second kappa shape index (κ2) is 6.65. The van der Waals surface area contributed by atoms with E-state index in [9.17, 15) is 0 Å². The van der Waals surface area contributed by atoms with Gasteiger partial charge in [0.15, 0.2) is 0 Å². The Morgan fingerprint density at radius 1 is 1.25 bits per heavy atom. The molecule has 0 saturated heterocycles. The van der Waals surface area contributed by atoms with Gasteiger partial charge in [0.2, 0.25) is 0 Å². The van der Waals surface area contributed by atoms with E-state index < -0.39 is 0 Å². The minimum absolute atomic E-state index is 0.142. The molecule has 0 bridgehead atoms. The minimum atomic E-state index is 0.142. The molecule has 6 heteroatoms. The lowest BCUT2D eigenvalue weighted by Crippen LogP contribution is -2.12. The molecule has 0 aliphatic carbocycles. The van der Waals surface area contributed by atoms with Crippen LogP contribution in [0.4, 0.5) is 11.6 Å². The van der Waals surface area contributed by atoms with Gasteiger partial charge in [0.25, 0.3) is 0 Å². The molecule has 0 fully saturated rings. The number of hydrogen-bond acceptors (Lipinski definition) is 6. The van der Waals surface area contributed by atoms with Crippen LogP contribution < -0.4 is 10.6 Å². The number of aryl methyl sites for hydroxylation is 1. The first-order chi connectivity index (χ1) is 9.65. The van der Waals surface area contributed by atoms with Crippen molar-refractivity contribution in [3.8, 4) is 0 Å². The summed E-state index contributed by atoms with van der Waals surface area (Å²) in [6.45, 7) is 9.15. The molecule has 2 N–H and O–H groups in total. The molecule has 0 aliphatic heterocycles. The van der Waals surface area contributed by atoms with E-state index in [0.29, 0.717) is 0 Å². The molecule has 0 amide bonds. The summed E-state index contributed by atoms with van der Waals surface area (Å²) in [7, 11) is 0. The third kappa shape index (κ3) is 3.25. The molecule has 0 radical (unpaired) electrons. The van der Waals surface area contributed by atoms with E-state index in [-0.39, 0.29) is 6.04 Å². The molecule has 1 atom stereocenters. The number of rotatable bonds is 6. The Kier molecular flexibility index (Phi) is 4.89. The van der Waals surface area contributed by atoms with Crippen molar-refractivity contribution in [2.24, 2.45) is 0 Å². The van der Waals surface area contributed by atoms with Gasteiger partial charge in [0.1, 0.15) is 23.0 Å². The standard InChI is InChI=1S/C14H21N5S/c1-5-11-12(15-6-2)16-8-17-13(11)19-10(4)14-18-9(3)7-20-14/h7-8,10H,5-6H2,1-4H3,(H2,15,16,17,19). The Labute approximate surface area is 123 Å². The van der Waals surface area contributed by atoms with Crippen molar-refractivity contribution in [3.63, 3.8) is 0 Å². The predicted molar refractivity (Wildman–Crippen MR) is 84.5 cm³/mol. The van der Waals surface area contributed by atoms with Crippen molar-refractivity contribution in [1.29, 1.82) is 0 Å². The van der Waals surface area contributed by atoms with Crippen LogP contribution >= 0.6 is 11.3 Å².